The zero-order chi connectivity index (χ0) is 12.1. The predicted octanol–water partition coefficient (Wildman–Crippen LogP) is 2.57. The molecule has 2 heterocycles. The van der Waals surface area contributed by atoms with E-state index >= 15 is 0 Å². The van der Waals surface area contributed by atoms with Crippen LogP contribution >= 0.6 is 0 Å². The highest BCUT2D eigenvalue weighted by molar-refractivity contribution is 5.53. The van der Waals surface area contributed by atoms with E-state index in [0.717, 1.165) is 13.1 Å². The van der Waals surface area contributed by atoms with Crippen LogP contribution < -0.4 is 10.2 Å². The highest BCUT2D eigenvalue weighted by Gasteiger charge is 2.22. The minimum absolute atomic E-state index is 0.669. The molecule has 1 fully saturated rings. The lowest BCUT2D eigenvalue weighted by Crippen LogP contribution is -2.28. The predicted molar refractivity (Wildman–Crippen MR) is 72.3 cm³/mol. The molecule has 0 spiro atoms. The van der Waals surface area contributed by atoms with Crippen LogP contribution in [0.1, 0.15) is 38.7 Å². The van der Waals surface area contributed by atoms with Crippen LogP contribution in [0.2, 0.25) is 0 Å². The number of aromatic nitrogens is 1. The molecule has 1 aromatic rings. The van der Waals surface area contributed by atoms with E-state index in [9.17, 15) is 0 Å². The molecule has 0 saturated carbocycles. The Labute approximate surface area is 104 Å². The zero-order valence-electron chi connectivity index (χ0n) is 10.9. The van der Waals surface area contributed by atoms with Crippen LogP contribution in [0.25, 0.3) is 0 Å². The standard InChI is InChI=1S/C14H23N3/c1-3-7-15-10-13-11-16-8-6-14(13)17-9-4-5-12(17)2/h6,8,11-12,15H,3-5,7,9-10H2,1-2H3. The fraction of sp³-hybridized carbons (Fsp3) is 0.643. The van der Waals surface area contributed by atoms with Crippen molar-refractivity contribution in [3.63, 3.8) is 0 Å². The van der Waals surface area contributed by atoms with Crippen molar-refractivity contribution in [1.29, 1.82) is 0 Å². The molecule has 1 aliphatic rings. The Balaban J connectivity index is 2.09. The van der Waals surface area contributed by atoms with Crippen LogP contribution in [-0.2, 0) is 6.54 Å². The number of rotatable bonds is 5. The van der Waals surface area contributed by atoms with Crippen molar-refractivity contribution in [3.05, 3.63) is 24.0 Å². The second-order valence-electron chi connectivity index (χ2n) is 4.87. The van der Waals surface area contributed by atoms with E-state index in [0.29, 0.717) is 6.04 Å². The van der Waals surface area contributed by atoms with Gasteiger partial charge in [-0.3, -0.25) is 4.98 Å². The largest absolute Gasteiger partial charge is 0.368 e. The Hall–Kier alpha value is -1.09. The Bertz CT molecular complexity index is 351. The fourth-order valence-corrected chi connectivity index (χ4v) is 2.53. The molecular weight excluding hydrogens is 210 g/mol. The van der Waals surface area contributed by atoms with E-state index in [-0.39, 0.29) is 0 Å². The van der Waals surface area contributed by atoms with E-state index in [2.05, 4.69) is 35.1 Å². The number of anilines is 1. The molecule has 2 rings (SSSR count). The molecule has 17 heavy (non-hydrogen) atoms. The van der Waals surface area contributed by atoms with Gasteiger partial charge >= 0.3 is 0 Å². The van der Waals surface area contributed by atoms with Crippen LogP contribution in [0.4, 0.5) is 5.69 Å². The van der Waals surface area contributed by atoms with Crippen LogP contribution in [0, 0.1) is 0 Å². The first-order chi connectivity index (χ1) is 8.33. The van der Waals surface area contributed by atoms with Gasteiger partial charge in [0, 0.05) is 42.8 Å². The third kappa shape index (κ3) is 2.97. The van der Waals surface area contributed by atoms with Gasteiger partial charge < -0.3 is 10.2 Å². The Morgan fingerprint density at radius 1 is 1.53 bits per heavy atom. The lowest BCUT2D eigenvalue weighted by Gasteiger charge is -2.26. The third-order valence-electron chi connectivity index (χ3n) is 3.48. The number of hydrogen-bond donors (Lipinski definition) is 1. The van der Waals surface area contributed by atoms with Crippen LogP contribution in [0.15, 0.2) is 18.5 Å². The highest BCUT2D eigenvalue weighted by Crippen LogP contribution is 2.27. The molecule has 0 aliphatic carbocycles. The minimum atomic E-state index is 0.669. The molecule has 3 nitrogen and oxygen atoms in total. The number of nitrogens with one attached hydrogen (secondary N) is 1. The SMILES string of the molecule is CCCNCc1cnccc1N1CCCC1C. The van der Waals surface area contributed by atoms with Gasteiger partial charge in [-0.1, -0.05) is 6.92 Å². The third-order valence-corrected chi connectivity index (χ3v) is 3.48. The number of nitrogens with zero attached hydrogens (tertiary/aromatic N) is 2. The molecule has 0 radical (unpaired) electrons. The summed E-state index contributed by atoms with van der Waals surface area (Å²) in [5, 5.41) is 3.46. The fourth-order valence-electron chi connectivity index (χ4n) is 2.53. The second kappa shape index (κ2) is 6.01. The molecular formula is C14H23N3. The number of pyridine rings is 1. The van der Waals surface area contributed by atoms with E-state index in [1.54, 1.807) is 0 Å². The van der Waals surface area contributed by atoms with Crippen molar-refractivity contribution >= 4 is 5.69 Å². The first-order valence-corrected chi connectivity index (χ1v) is 6.73. The summed E-state index contributed by atoms with van der Waals surface area (Å²) < 4.78 is 0. The average Bonchev–Trinajstić information content (AvgIpc) is 2.76. The molecule has 94 valence electrons. The normalized spacial score (nSPS) is 19.9. The molecule has 0 amide bonds. The summed E-state index contributed by atoms with van der Waals surface area (Å²) in [6.07, 6.45) is 7.71. The topological polar surface area (TPSA) is 28.2 Å². The summed E-state index contributed by atoms with van der Waals surface area (Å²) in [7, 11) is 0. The van der Waals surface area contributed by atoms with Crippen molar-refractivity contribution < 1.29 is 0 Å². The van der Waals surface area contributed by atoms with Crippen LogP contribution in [0.3, 0.4) is 0 Å². The molecule has 3 heteroatoms. The summed E-state index contributed by atoms with van der Waals surface area (Å²) >= 11 is 0. The molecule has 1 unspecified atom stereocenters. The smallest absolute Gasteiger partial charge is 0.0445 e. The molecule has 1 atom stereocenters. The van der Waals surface area contributed by atoms with Crippen molar-refractivity contribution in [3.8, 4) is 0 Å². The minimum Gasteiger partial charge on any atom is -0.368 e. The zero-order valence-corrected chi connectivity index (χ0v) is 10.9. The molecule has 0 bridgehead atoms. The maximum absolute atomic E-state index is 4.25. The Morgan fingerprint density at radius 2 is 2.41 bits per heavy atom. The van der Waals surface area contributed by atoms with Crippen LogP contribution in [0.5, 0.6) is 0 Å². The van der Waals surface area contributed by atoms with Gasteiger partial charge in [0.1, 0.15) is 0 Å². The van der Waals surface area contributed by atoms with E-state index in [1.807, 2.05) is 12.4 Å². The van der Waals surface area contributed by atoms with Crippen molar-refractivity contribution in [2.45, 2.75) is 45.7 Å². The molecule has 1 aliphatic heterocycles. The molecule has 1 saturated heterocycles. The van der Waals surface area contributed by atoms with Gasteiger partial charge in [0.2, 0.25) is 0 Å². The van der Waals surface area contributed by atoms with Gasteiger partial charge in [0.05, 0.1) is 0 Å². The molecule has 1 N–H and O–H groups in total. The van der Waals surface area contributed by atoms with Gasteiger partial charge in [-0.25, -0.2) is 0 Å². The van der Waals surface area contributed by atoms with Gasteiger partial charge in [-0.2, -0.15) is 0 Å². The summed E-state index contributed by atoms with van der Waals surface area (Å²) in [5.41, 5.74) is 2.70. The molecule has 0 aromatic carbocycles. The second-order valence-corrected chi connectivity index (χ2v) is 4.87. The lowest BCUT2D eigenvalue weighted by atomic mass is 10.2. The summed E-state index contributed by atoms with van der Waals surface area (Å²) in [4.78, 5) is 6.77. The lowest BCUT2D eigenvalue weighted by molar-refractivity contribution is 0.667. The van der Waals surface area contributed by atoms with Gasteiger partial charge in [0.25, 0.3) is 0 Å². The van der Waals surface area contributed by atoms with Gasteiger partial charge in [-0.05, 0) is 38.8 Å². The quantitative estimate of drug-likeness (QED) is 0.792. The number of hydrogen-bond acceptors (Lipinski definition) is 3. The van der Waals surface area contributed by atoms with Crippen molar-refractivity contribution in [2.75, 3.05) is 18.0 Å². The van der Waals surface area contributed by atoms with Crippen LogP contribution in [-0.4, -0.2) is 24.1 Å². The van der Waals surface area contributed by atoms with E-state index in [1.165, 1.54) is 37.1 Å². The average molecular weight is 233 g/mol. The van der Waals surface area contributed by atoms with E-state index < -0.39 is 0 Å². The summed E-state index contributed by atoms with van der Waals surface area (Å²) in [6.45, 7) is 7.70. The molecule has 1 aromatic heterocycles. The Morgan fingerprint density at radius 3 is 3.12 bits per heavy atom. The first kappa shape index (κ1) is 12.4. The van der Waals surface area contributed by atoms with Crippen molar-refractivity contribution in [2.24, 2.45) is 0 Å². The van der Waals surface area contributed by atoms with Gasteiger partial charge in [0.15, 0.2) is 0 Å². The van der Waals surface area contributed by atoms with Gasteiger partial charge in [-0.15, -0.1) is 0 Å². The first-order valence-electron chi connectivity index (χ1n) is 6.73. The maximum atomic E-state index is 4.25. The van der Waals surface area contributed by atoms with E-state index in [4.69, 9.17) is 0 Å². The summed E-state index contributed by atoms with van der Waals surface area (Å²) in [6, 6.07) is 2.83. The highest BCUT2D eigenvalue weighted by atomic mass is 15.2. The monoisotopic (exact) mass is 233 g/mol. The Kier molecular flexibility index (Phi) is 4.37. The maximum Gasteiger partial charge on any atom is 0.0445 e. The summed E-state index contributed by atoms with van der Waals surface area (Å²) in [5.74, 6) is 0. The van der Waals surface area contributed by atoms with Crippen molar-refractivity contribution in [1.82, 2.24) is 10.3 Å².